The Bertz CT molecular complexity index is 550. The Morgan fingerprint density at radius 2 is 2.04 bits per heavy atom. The Morgan fingerprint density at radius 3 is 2.83 bits per heavy atom. The number of hydrogen-bond acceptors (Lipinski definition) is 2. The molecule has 1 fully saturated rings. The molecule has 124 valence electrons. The van der Waals surface area contributed by atoms with Crippen molar-refractivity contribution in [1.82, 2.24) is 14.5 Å². The topological polar surface area (TPSA) is 21.1 Å². The van der Waals surface area contributed by atoms with Crippen LogP contribution in [0, 0.1) is 0 Å². The van der Waals surface area contributed by atoms with Crippen molar-refractivity contribution in [3.8, 4) is 0 Å². The molecule has 0 amide bonds. The van der Waals surface area contributed by atoms with Gasteiger partial charge < -0.3 is 9.47 Å². The lowest BCUT2D eigenvalue weighted by Crippen LogP contribution is -2.40. The van der Waals surface area contributed by atoms with Crippen molar-refractivity contribution in [2.24, 2.45) is 0 Å². The van der Waals surface area contributed by atoms with E-state index in [0.29, 0.717) is 5.92 Å². The molecule has 1 saturated heterocycles. The molecular weight excluding hydrogens is 282 g/mol. The van der Waals surface area contributed by atoms with Gasteiger partial charge in [-0.2, -0.15) is 0 Å². The highest BCUT2D eigenvalue weighted by molar-refractivity contribution is 5.18. The number of hydrogen-bond donors (Lipinski definition) is 0. The van der Waals surface area contributed by atoms with Crippen molar-refractivity contribution in [1.29, 1.82) is 0 Å². The largest absolute Gasteiger partial charge is 0.337 e. The number of aromatic nitrogens is 2. The van der Waals surface area contributed by atoms with Gasteiger partial charge in [-0.25, -0.2) is 4.98 Å². The Balaban J connectivity index is 1.50. The summed E-state index contributed by atoms with van der Waals surface area (Å²) < 4.78 is 2.21. The van der Waals surface area contributed by atoms with Crippen LogP contribution in [0.25, 0.3) is 0 Å². The average molecular weight is 311 g/mol. The maximum atomic E-state index is 4.15. The van der Waals surface area contributed by atoms with Crippen LogP contribution < -0.4 is 0 Å². The maximum absolute atomic E-state index is 4.15. The first kappa shape index (κ1) is 16.3. The van der Waals surface area contributed by atoms with E-state index in [1.54, 1.807) is 0 Å². The van der Waals surface area contributed by atoms with Gasteiger partial charge in [-0.1, -0.05) is 43.7 Å². The molecule has 0 saturated carbocycles. The van der Waals surface area contributed by atoms with Gasteiger partial charge in [-0.05, 0) is 50.3 Å². The lowest BCUT2D eigenvalue weighted by molar-refractivity contribution is 0.132. The molecule has 0 radical (unpaired) electrons. The predicted molar refractivity (Wildman–Crippen MR) is 95.5 cm³/mol. The second-order valence-corrected chi connectivity index (χ2v) is 6.88. The molecular formula is C20H29N3. The molecule has 0 aliphatic carbocycles. The van der Waals surface area contributed by atoms with Crippen molar-refractivity contribution in [3.63, 3.8) is 0 Å². The molecule has 3 nitrogen and oxygen atoms in total. The summed E-state index contributed by atoms with van der Waals surface area (Å²) in [5.41, 5.74) is 1.47. The normalized spacial score (nSPS) is 20.5. The molecule has 1 aromatic carbocycles. The van der Waals surface area contributed by atoms with Crippen LogP contribution in [-0.4, -0.2) is 33.6 Å². The summed E-state index contributed by atoms with van der Waals surface area (Å²) in [6.45, 7) is 5.95. The first-order chi connectivity index (χ1) is 11.3. The smallest absolute Gasteiger partial charge is 0.0945 e. The van der Waals surface area contributed by atoms with Crippen LogP contribution in [0.2, 0.25) is 0 Å². The van der Waals surface area contributed by atoms with E-state index in [4.69, 9.17) is 0 Å². The zero-order valence-corrected chi connectivity index (χ0v) is 14.3. The summed E-state index contributed by atoms with van der Waals surface area (Å²) in [5, 5.41) is 0. The Labute approximate surface area is 140 Å². The van der Waals surface area contributed by atoms with Gasteiger partial charge in [0.05, 0.1) is 6.33 Å². The van der Waals surface area contributed by atoms with Crippen LogP contribution in [0.3, 0.4) is 0 Å². The lowest BCUT2D eigenvalue weighted by Gasteiger charge is -2.36. The summed E-state index contributed by atoms with van der Waals surface area (Å²) >= 11 is 0. The van der Waals surface area contributed by atoms with Crippen LogP contribution in [0.4, 0.5) is 0 Å². The quantitative estimate of drug-likeness (QED) is 0.759. The minimum Gasteiger partial charge on any atom is -0.337 e. The minimum atomic E-state index is 0.646. The van der Waals surface area contributed by atoms with E-state index in [1.807, 2.05) is 12.5 Å². The van der Waals surface area contributed by atoms with Gasteiger partial charge in [-0.15, -0.1) is 0 Å². The van der Waals surface area contributed by atoms with E-state index in [9.17, 15) is 0 Å². The van der Waals surface area contributed by atoms with Crippen molar-refractivity contribution in [3.05, 3.63) is 54.6 Å². The van der Waals surface area contributed by atoms with E-state index in [1.165, 1.54) is 50.8 Å². The molecule has 2 unspecified atom stereocenters. The molecule has 1 aliphatic rings. The van der Waals surface area contributed by atoms with Crippen molar-refractivity contribution in [2.75, 3.05) is 13.1 Å². The summed E-state index contributed by atoms with van der Waals surface area (Å²) in [6.07, 6.45) is 12.5. The van der Waals surface area contributed by atoms with Gasteiger partial charge in [0.25, 0.3) is 0 Å². The van der Waals surface area contributed by atoms with Crippen LogP contribution >= 0.6 is 0 Å². The Kier molecular flexibility index (Phi) is 5.87. The number of piperidine rings is 1. The zero-order valence-electron chi connectivity index (χ0n) is 14.3. The van der Waals surface area contributed by atoms with Crippen LogP contribution in [0.5, 0.6) is 0 Å². The monoisotopic (exact) mass is 311 g/mol. The molecule has 3 heteroatoms. The third-order valence-corrected chi connectivity index (χ3v) is 5.25. The standard InChI is InChI=1S/C20H29N3/c1-18(19-7-3-2-4-8-19)10-15-23-13-6-5-9-20(23)11-14-22-16-12-21-17-22/h2-4,7-8,12,16-18,20H,5-6,9-11,13-15H2,1H3. The molecule has 23 heavy (non-hydrogen) atoms. The third-order valence-electron chi connectivity index (χ3n) is 5.25. The number of likely N-dealkylation sites (tertiary alicyclic amines) is 1. The molecule has 3 rings (SSSR count). The van der Waals surface area contributed by atoms with Crippen LogP contribution in [0.15, 0.2) is 49.1 Å². The Hall–Kier alpha value is -1.61. The van der Waals surface area contributed by atoms with Gasteiger partial charge in [0.15, 0.2) is 0 Å². The summed E-state index contributed by atoms with van der Waals surface area (Å²) in [4.78, 5) is 6.88. The molecule has 0 bridgehead atoms. The number of benzene rings is 1. The first-order valence-corrected chi connectivity index (χ1v) is 9.07. The van der Waals surface area contributed by atoms with Crippen LogP contribution in [-0.2, 0) is 6.54 Å². The lowest BCUT2D eigenvalue weighted by atomic mass is 9.95. The highest BCUT2D eigenvalue weighted by Gasteiger charge is 2.22. The molecule has 1 aliphatic heterocycles. The average Bonchev–Trinajstić information content (AvgIpc) is 3.13. The number of aryl methyl sites for hydroxylation is 1. The molecule has 0 spiro atoms. The van der Waals surface area contributed by atoms with Gasteiger partial charge in [0, 0.05) is 25.0 Å². The number of nitrogens with zero attached hydrogens (tertiary/aromatic N) is 3. The van der Waals surface area contributed by atoms with Crippen LogP contribution in [0.1, 0.15) is 50.5 Å². The first-order valence-electron chi connectivity index (χ1n) is 9.07. The van der Waals surface area contributed by atoms with E-state index in [0.717, 1.165) is 12.6 Å². The van der Waals surface area contributed by atoms with E-state index < -0.39 is 0 Å². The number of rotatable bonds is 7. The van der Waals surface area contributed by atoms with Gasteiger partial charge in [-0.3, -0.25) is 0 Å². The summed E-state index contributed by atoms with van der Waals surface area (Å²) in [6, 6.07) is 11.7. The molecule has 2 heterocycles. The van der Waals surface area contributed by atoms with Crippen molar-refractivity contribution >= 4 is 0 Å². The fourth-order valence-corrected chi connectivity index (χ4v) is 3.71. The van der Waals surface area contributed by atoms with Gasteiger partial charge >= 0.3 is 0 Å². The zero-order chi connectivity index (χ0) is 15.9. The summed E-state index contributed by atoms with van der Waals surface area (Å²) in [7, 11) is 0. The Morgan fingerprint density at radius 1 is 1.17 bits per heavy atom. The van der Waals surface area contributed by atoms with Crippen molar-refractivity contribution < 1.29 is 0 Å². The molecule has 2 atom stereocenters. The highest BCUT2D eigenvalue weighted by Crippen LogP contribution is 2.24. The SMILES string of the molecule is CC(CCN1CCCCC1CCn1ccnc1)c1ccccc1. The maximum Gasteiger partial charge on any atom is 0.0945 e. The van der Waals surface area contributed by atoms with E-state index in [-0.39, 0.29) is 0 Å². The second-order valence-electron chi connectivity index (χ2n) is 6.88. The van der Waals surface area contributed by atoms with Gasteiger partial charge in [0.1, 0.15) is 0 Å². The van der Waals surface area contributed by atoms with Gasteiger partial charge in [0.2, 0.25) is 0 Å². The fraction of sp³-hybridized carbons (Fsp3) is 0.550. The predicted octanol–water partition coefficient (Wildman–Crippen LogP) is 4.32. The molecule has 2 aromatic rings. The highest BCUT2D eigenvalue weighted by atomic mass is 15.2. The summed E-state index contributed by atoms with van der Waals surface area (Å²) in [5.74, 6) is 0.646. The third kappa shape index (κ3) is 4.68. The van der Waals surface area contributed by atoms with E-state index in [2.05, 4.69) is 57.9 Å². The van der Waals surface area contributed by atoms with Crippen molar-refractivity contribution in [2.45, 2.75) is 57.5 Å². The second kappa shape index (κ2) is 8.30. The fourth-order valence-electron chi connectivity index (χ4n) is 3.71. The molecule has 0 N–H and O–H groups in total. The molecule has 1 aromatic heterocycles. The minimum absolute atomic E-state index is 0.646. The van der Waals surface area contributed by atoms with E-state index >= 15 is 0 Å². The number of imidazole rings is 1.